The highest BCUT2D eigenvalue weighted by Crippen LogP contribution is 2.20. The molecule has 0 atom stereocenters. The van der Waals surface area contributed by atoms with E-state index in [9.17, 15) is 9.18 Å². The molecule has 0 spiro atoms. The van der Waals surface area contributed by atoms with Gasteiger partial charge in [-0.25, -0.2) is 9.18 Å². The minimum atomic E-state index is -0.930. The molecule has 0 bridgehead atoms. The lowest BCUT2D eigenvalue weighted by Crippen LogP contribution is -2.05. The topological polar surface area (TPSA) is 58.6 Å². The third kappa shape index (κ3) is 3.76. The van der Waals surface area contributed by atoms with Gasteiger partial charge < -0.3 is 15.2 Å². The molecule has 1 rings (SSSR count). The lowest BCUT2D eigenvalue weighted by molar-refractivity contribution is -0.132. The van der Waals surface area contributed by atoms with Crippen molar-refractivity contribution in [3.05, 3.63) is 35.7 Å². The minimum absolute atomic E-state index is 0.177. The first-order valence-electron chi connectivity index (χ1n) is 5.58. The maximum absolute atomic E-state index is 13.4. The number of benzene rings is 1. The molecule has 1 aromatic rings. The third-order valence-corrected chi connectivity index (χ3v) is 2.46. The second-order valence-corrected chi connectivity index (χ2v) is 3.62. The van der Waals surface area contributed by atoms with E-state index in [4.69, 9.17) is 9.84 Å². The number of halogens is 1. The van der Waals surface area contributed by atoms with E-state index in [1.165, 1.54) is 19.2 Å². The molecule has 0 fully saturated rings. The van der Waals surface area contributed by atoms with Crippen LogP contribution in [0.15, 0.2) is 29.8 Å². The number of carbonyl (C=O) groups is 1. The minimum Gasteiger partial charge on any atom is -0.494 e. The van der Waals surface area contributed by atoms with Crippen molar-refractivity contribution in [2.75, 3.05) is 19.0 Å². The van der Waals surface area contributed by atoms with Gasteiger partial charge in [-0.2, -0.15) is 0 Å². The summed E-state index contributed by atoms with van der Waals surface area (Å²) in [5.41, 5.74) is 0.905. The van der Waals surface area contributed by atoms with Crippen molar-refractivity contribution in [3.8, 4) is 5.75 Å². The van der Waals surface area contributed by atoms with Crippen LogP contribution in [0.4, 0.5) is 10.1 Å². The molecule has 0 aliphatic heterocycles. The highest BCUT2D eigenvalue weighted by Gasteiger charge is 2.04. The van der Waals surface area contributed by atoms with E-state index in [1.807, 2.05) is 0 Å². The number of nitrogens with one attached hydrogen (secondary N) is 1. The van der Waals surface area contributed by atoms with Crippen LogP contribution >= 0.6 is 0 Å². The zero-order valence-electron chi connectivity index (χ0n) is 10.4. The van der Waals surface area contributed by atoms with Gasteiger partial charge in [0.1, 0.15) is 0 Å². The maximum Gasteiger partial charge on any atom is 0.331 e. The second kappa shape index (κ2) is 6.64. The highest BCUT2D eigenvalue weighted by atomic mass is 19.1. The van der Waals surface area contributed by atoms with Crippen LogP contribution in [0.25, 0.3) is 0 Å². The Morgan fingerprint density at radius 2 is 2.28 bits per heavy atom. The van der Waals surface area contributed by atoms with Gasteiger partial charge in [-0.3, -0.25) is 0 Å². The predicted octanol–water partition coefficient (Wildman–Crippen LogP) is 2.67. The SMILES string of the molecule is CC/C(=C/CNc1ccc(OC)c(F)c1)C(=O)O. The van der Waals surface area contributed by atoms with Crippen molar-refractivity contribution >= 4 is 11.7 Å². The quantitative estimate of drug-likeness (QED) is 0.765. The van der Waals surface area contributed by atoms with Crippen LogP contribution < -0.4 is 10.1 Å². The smallest absolute Gasteiger partial charge is 0.331 e. The van der Waals surface area contributed by atoms with Crippen LogP contribution in [0.5, 0.6) is 5.75 Å². The van der Waals surface area contributed by atoms with E-state index < -0.39 is 11.8 Å². The first-order valence-corrected chi connectivity index (χ1v) is 5.58. The molecule has 0 heterocycles. The Labute approximate surface area is 105 Å². The molecule has 0 aliphatic carbocycles. The molecular formula is C13H16FNO3. The number of aliphatic carboxylic acids is 1. The molecule has 1 aromatic carbocycles. The molecule has 0 aliphatic rings. The van der Waals surface area contributed by atoms with Crippen molar-refractivity contribution in [1.82, 2.24) is 0 Å². The van der Waals surface area contributed by atoms with Crippen molar-refractivity contribution in [2.24, 2.45) is 0 Å². The fourth-order valence-electron chi connectivity index (χ4n) is 1.45. The normalized spacial score (nSPS) is 11.2. The molecule has 0 aromatic heterocycles. The average molecular weight is 253 g/mol. The van der Waals surface area contributed by atoms with Gasteiger partial charge in [0.05, 0.1) is 7.11 Å². The fourth-order valence-corrected chi connectivity index (χ4v) is 1.45. The summed E-state index contributed by atoms with van der Waals surface area (Å²) in [5.74, 6) is -1.21. The summed E-state index contributed by atoms with van der Waals surface area (Å²) < 4.78 is 18.2. The summed E-state index contributed by atoms with van der Waals surface area (Å²) in [4.78, 5) is 10.7. The standard InChI is InChI=1S/C13H16FNO3/c1-3-9(13(16)17)6-7-15-10-4-5-12(18-2)11(14)8-10/h4-6,8,15H,3,7H2,1-2H3,(H,16,17)/b9-6-. The zero-order chi connectivity index (χ0) is 13.5. The lowest BCUT2D eigenvalue weighted by Gasteiger charge is -2.07. The Kier molecular flexibility index (Phi) is 5.17. The molecule has 18 heavy (non-hydrogen) atoms. The number of rotatable bonds is 6. The number of hydrogen-bond donors (Lipinski definition) is 2. The fraction of sp³-hybridized carbons (Fsp3) is 0.308. The van der Waals surface area contributed by atoms with Crippen LogP contribution in [0.1, 0.15) is 13.3 Å². The van der Waals surface area contributed by atoms with Crippen molar-refractivity contribution in [3.63, 3.8) is 0 Å². The van der Waals surface area contributed by atoms with Crippen LogP contribution in [-0.2, 0) is 4.79 Å². The van der Waals surface area contributed by atoms with Crippen molar-refractivity contribution in [2.45, 2.75) is 13.3 Å². The summed E-state index contributed by atoms with van der Waals surface area (Å²) in [6.45, 7) is 2.11. The van der Waals surface area contributed by atoms with Gasteiger partial charge in [-0.15, -0.1) is 0 Å². The van der Waals surface area contributed by atoms with E-state index in [0.717, 1.165) is 0 Å². The maximum atomic E-state index is 13.4. The Morgan fingerprint density at radius 1 is 1.56 bits per heavy atom. The predicted molar refractivity (Wildman–Crippen MR) is 67.5 cm³/mol. The van der Waals surface area contributed by atoms with Gasteiger partial charge in [0.2, 0.25) is 0 Å². The van der Waals surface area contributed by atoms with Gasteiger partial charge in [0.25, 0.3) is 0 Å². The number of ether oxygens (including phenoxy) is 1. The molecule has 0 saturated heterocycles. The van der Waals surface area contributed by atoms with Crippen molar-refractivity contribution in [1.29, 1.82) is 0 Å². The number of methoxy groups -OCH3 is 1. The third-order valence-electron chi connectivity index (χ3n) is 2.46. The molecule has 4 nitrogen and oxygen atoms in total. The van der Waals surface area contributed by atoms with Gasteiger partial charge >= 0.3 is 5.97 Å². The molecule has 5 heteroatoms. The molecule has 0 amide bonds. The summed E-state index contributed by atoms with van der Waals surface area (Å²) in [6.07, 6.45) is 2.03. The molecule has 0 unspecified atom stereocenters. The van der Waals surface area contributed by atoms with Crippen LogP contribution in [0.3, 0.4) is 0 Å². The van der Waals surface area contributed by atoms with Crippen LogP contribution in [-0.4, -0.2) is 24.7 Å². The second-order valence-electron chi connectivity index (χ2n) is 3.62. The van der Waals surface area contributed by atoms with E-state index in [-0.39, 0.29) is 5.75 Å². The Balaban J connectivity index is 2.64. The number of hydrogen-bond acceptors (Lipinski definition) is 3. The average Bonchev–Trinajstić information content (AvgIpc) is 2.34. The number of carboxylic acids is 1. The summed E-state index contributed by atoms with van der Waals surface area (Å²) in [5, 5.41) is 11.7. The lowest BCUT2D eigenvalue weighted by atomic mass is 10.2. The van der Waals surface area contributed by atoms with E-state index in [2.05, 4.69) is 5.32 Å². The Bertz CT molecular complexity index is 458. The van der Waals surface area contributed by atoms with Gasteiger partial charge in [-0.05, 0) is 18.6 Å². The number of carboxylic acid groups (broad SMARTS) is 1. The van der Waals surface area contributed by atoms with Crippen molar-refractivity contribution < 1.29 is 19.0 Å². The Hall–Kier alpha value is -2.04. The van der Waals surface area contributed by atoms with E-state index >= 15 is 0 Å². The summed E-state index contributed by atoms with van der Waals surface area (Å²) >= 11 is 0. The molecule has 0 radical (unpaired) electrons. The summed E-state index contributed by atoms with van der Waals surface area (Å²) in [6, 6.07) is 4.49. The molecule has 0 saturated carbocycles. The van der Waals surface area contributed by atoms with Crippen LogP contribution in [0.2, 0.25) is 0 Å². The molecule has 2 N–H and O–H groups in total. The number of anilines is 1. The van der Waals surface area contributed by atoms with Gasteiger partial charge in [0.15, 0.2) is 11.6 Å². The Morgan fingerprint density at radius 3 is 2.78 bits per heavy atom. The van der Waals surface area contributed by atoms with E-state index in [0.29, 0.717) is 24.2 Å². The van der Waals surface area contributed by atoms with E-state index in [1.54, 1.807) is 19.1 Å². The van der Waals surface area contributed by atoms with Gasteiger partial charge in [0, 0.05) is 23.9 Å². The summed E-state index contributed by atoms with van der Waals surface area (Å²) in [7, 11) is 1.40. The monoisotopic (exact) mass is 253 g/mol. The van der Waals surface area contributed by atoms with Crippen LogP contribution in [0, 0.1) is 5.82 Å². The molecular weight excluding hydrogens is 237 g/mol. The molecule has 98 valence electrons. The zero-order valence-corrected chi connectivity index (χ0v) is 10.4. The first kappa shape index (κ1) is 14.0. The van der Waals surface area contributed by atoms with Gasteiger partial charge in [-0.1, -0.05) is 13.0 Å². The largest absolute Gasteiger partial charge is 0.494 e. The first-order chi connectivity index (χ1) is 8.58. The highest BCUT2D eigenvalue weighted by molar-refractivity contribution is 5.86.